The summed E-state index contributed by atoms with van der Waals surface area (Å²) in [5.41, 5.74) is 3.11. The molecule has 0 aliphatic rings. The highest BCUT2D eigenvalue weighted by atomic mass is 15.1. The Morgan fingerprint density at radius 2 is 1.41 bits per heavy atom. The summed E-state index contributed by atoms with van der Waals surface area (Å²) in [7, 11) is 4.38. The second-order valence-corrected chi connectivity index (χ2v) is 7.10. The summed E-state index contributed by atoms with van der Waals surface area (Å²) < 4.78 is 0. The van der Waals surface area contributed by atoms with Gasteiger partial charge in [0.1, 0.15) is 0 Å². The van der Waals surface area contributed by atoms with Crippen LogP contribution in [-0.2, 0) is 6.42 Å². The van der Waals surface area contributed by atoms with Gasteiger partial charge in [0.05, 0.1) is 0 Å². The molecule has 0 aliphatic carbocycles. The van der Waals surface area contributed by atoms with Crippen molar-refractivity contribution in [2.24, 2.45) is 5.41 Å². The molecular formula is C21H29N. The number of rotatable bonds is 7. The SMILES string of the molecule is CN(C)C(c1ccccc1)C(C)(C)CCCc1ccccc1. The van der Waals surface area contributed by atoms with Gasteiger partial charge in [-0.05, 0) is 49.9 Å². The first-order valence-electron chi connectivity index (χ1n) is 8.26. The molecule has 0 amide bonds. The van der Waals surface area contributed by atoms with Crippen LogP contribution in [0.2, 0.25) is 0 Å². The standard InChI is InChI=1S/C21H29N/c1-21(2,17-11-14-18-12-7-5-8-13-18)20(22(3)4)19-15-9-6-10-16-19/h5-10,12-13,15-16,20H,11,14,17H2,1-4H3. The van der Waals surface area contributed by atoms with E-state index in [1.807, 2.05) is 0 Å². The van der Waals surface area contributed by atoms with E-state index in [-0.39, 0.29) is 5.41 Å². The summed E-state index contributed by atoms with van der Waals surface area (Å²) in [5, 5.41) is 0. The number of benzene rings is 2. The molecule has 2 aromatic carbocycles. The molecule has 0 aromatic heterocycles. The van der Waals surface area contributed by atoms with Gasteiger partial charge in [-0.3, -0.25) is 0 Å². The largest absolute Gasteiger partial charge is 0.302 e. The third-order valence-corrected chi connectivity index (χ3v) is 4.50. The van der Waals surface area contributed by atoms with Gasteiger partial charge >= 0.3 is 0 Å². The maximum atomic E-state index is 2.40. The molecule has 1 unspecified atom stereocenters. The minimum Gasteiger partial charge on any atom is -0.302 e. The Labute approximate surface area is 136 Å². The minimum absolute atomic E-state index is 0.250. The summed E-state index contributed by atoms with van der Waals surface area (Å²) in [5.74, 6) is 0. The van der Waals surface area contributed by atoms with Crippen LogP contribution < -0.4 is 0 Å². The second-order valence-electron chi connectivity index (χ2n) is 7.10. The summed E-state index contributed by atoms with van der Waals surface area (Å²) in [6, 6.07) is 22.2. The molecule has 118 valence electrons. The van der Waals surface area contributed by atoms with Crippen LogP contribution in [0.15, 0.2) is 60.7 Å². The Bertz CT molecular complexity index is 543. The molecule has 1 atom stereocenters. The van der Waals surface area contributed by atoms with Crippen molar-refractivity contribution in [2.75, 3.05) is 14.1 Å². The van der Waals surface area contributed by atoms with Gasteiger partial charge in [-0.25, -0.2) is 0 Å². The fraction of sp³-hybridized carbons (Fsp3) is 0.429. The molecular weight excluding hydrogens is 266 g/mol. The number of nitrogens with zero attached hydrogens (tertiary/aromatic N) is 1. The molecule has 0 heterocycles. The van der Waals surface area contributed by atoms with Crippen molar-refractivity contribution in [1.29, 1.82) is 0 Å². The smallest absolute Gasteiger partial charge is 0.0393 e. The van der Waals surface area contributed by atoms with E-state index in [1.165, 1.54) is 30.4 Å². The lowest BCUT2D eigenvalue weighted by atomic mass is 9.76. The average Bonchev–Trinajstić information content (AvgIpc) is 2.48. The zero-order valence-corrected chi connectivity index (χ0v) is 14.4. The van der Waals surface area contributed by atoms with Crippen LogP contribution in [-0.4, -0.2) is 19.0 Å². The van der Waals surface area contributed by atoms with Crippen LogP contribution in [0.1, 0.15) is 43.9 Å². The zero-order chi connectivity index (χ0) is 16.0. The molecule has 1 nitrogen and oxygen atoms in total. The Balaban J connectivity index is 2.03. The first-order valence-corrected chi connectivity index (χ1v) is 8.26. The van der Waals surface area contributed by atoms with Gasteiger partial charge in [-0.2, -0.15) is 0 Å². The Morgan fingerprint density at radius 3 is 1.95 bits per heavy atom. The van der Waals surface area contributed by atoms with E-state index in [4.69, 9.17) is 0 Å². The van der Waals surface area contributed by atoms with E-state index < -0.39 is 0 Å². The number of aryl methyl sites for hydroxylation is 1. The highest BCUT2D eigenvalue weighted by Gasteiger charge is 2.31. The quantitative estimate of drug-likeness (QED) is 0.666. The highest BCUT2D eigenvalue weighted by Crippen LogP contribution is 2.40. The molecule has 0 aliphatic heterocycles. The topological polar surface area (TPSA) is 3.24 Å². The average molecular weight is 295 g/mol. The maximum Gasteiger partial charge on any atom is 0.0393 e. The molecule has 0 saturated heterocycles. The van der Waals surface area contributed by atoms with Gasteiger partial charge in [-0.1, -0.05) is 74.5 Å². The van der Waals surface area contributed by atoms with Crippen molar-refractivity contribution in [3.63, 3.8) is 0 Å². The van der Waals surface area contributed by atoms with E-state index >= 15 is 0 Å². The first-order chi connectivity index (χ1) is 10.5. The molecule has 0 saturated carbocycles. The van der Waals surface area contributed by atoms with Crippen LogP contribution in [0, 0.1) is 5.41 Å². The predicted octanol–water partition coefficient (Wildman–Crippen LogP) is 5.34. The van der Waals surface area contributed by atoms with Gasteiger partial charge in [0.25, 0.3) is 0 Å². The summed E-state index contributed by atoms with van der Waals surface area (Å²) >= 11 is 0. The van der Waals surface area contributed by atoms with E-state index in [9.17, 15) is 0 Å². The molecule has 2 rings (SSSR count). The molecule has 0 N–H and O–H groups in total. The summed E-state index contributed by atoms with van der Waals surface area (Å²) in [6.07, 6.45) is 3.62. The van der Waals surface area contributed by atoms with Gasteiger partial charge < -0.3 is 4.90 Å². The van der Waals surface area contributed by atoms with Crippen molar-refractivity contribution in [3.05, 3.63) is 71.8 Å². The molecule has 22 heavy (non-hydrogen) atoms. The Kier molecular flexibility index (Phi) is 5.79. The third-order valence-electron chi connectivity index (χ3n) is 4.50. The maximum absolute atomic E-state index is 2.40. The lowest BCUT2D eigenvalue weighted by molar-refractivity contribution is 0.124. The predicted molar refractivity (Wildman–Crippen MR) is 96.0 cm³/mol. The van der Waals surface area contributed by atoms with Crippen LogP contribution in [0.4, 0.5) is 0 Å². The minimum atomic E-state index is 0.250. The van der Waals surface area contributed by atoms with Crippen molar-refractivity contribution in [2.45, 2.75) is 39.2 Å². The molecule has 0 spiro atoms. The van der Waals surface area contributed by atoms with Crippen LogP contribution >= 0.6 is 0 Å². The normalized spacial score (nSPS) is 13.3. The van der Waals surface area contributed by atoms with Gasteiger partial charge in [0, 0.05) is 6.04 Å². The summed E-state index contributed by atoms with van der Waals surface area (Å²) in [4.78, 5) is 2.36. The monoisotopic (exact) mass is 295 g/mol. The van der Waals surface area contributed by atoms with E-state index in [2.05, 4.69) is 93.5 Å². The number of hydrogen-bond donors (Lipinski definition) is 0. The molecule has 0 bridgehead atoms. The van der Waals surface area contributed by atoms with E-state index in [1.54, 1.807) is 0 Å². The lowest BCUT2D eigenvalue weighted by Gasteiger charge is -2.39. The molecule has 1 heteroatoms. The molecule has 0 radical (unpaired) electrons. The van der Waals surface area contributed by atoms with Crippen LogP contribution in [0.3, 0.4) is 0 Å². The van der Waals surface area contributed by atoms with Crippen molar-refractivity contribution < 1.29 is 0 Å². The van der Waals surface area contributed by atoms with Crippen molar-refractivity contribution in [1.82, 2.24) is 4.90 Å². The molecule has 2 aromatic rings. The van der Waals surface area contributed by atoms with Gasteiger partial charge in [-0.15, -0.1) is 0 Å². The van der Waals surface area contributed by atoms with Crippen LogP contribution in [0.5, 0.6) is 0 Å². The van der Waals surface area contributed by atoms with Crippen molar-refractivity contribution >= 4 is 0 Å². The van der Waals surface area contributed by atoms with E-state index in [0.29, 0.717) is 6.04 Å². The fourth-order valence-electron chi connectivity index (χ4n) is 3.61. The van der Waals surface area contributed by atoms with E-state index in [0.717, 1.165) is 0 Å². The molecule has 0 fully saturated rings. The number of hydrogen-bond acceptors (Lipinski definition) is 1. The highest BCUT2D eigenvalue weighted by molar-refractivity contribution is 5.21. The Morgan fingerprint density at radius 1 is 0.864 bits per heavy atom. The lowest BCUT2D eigenvalue weighted by Crippen LogP contribution is -2.33. The van der Waals surface area contributed by atoms with Gasteiger partial charge in [0.15, 0.2) is 0 Å². The van der Waals surface area contributed by atoms with Crippen LogP contribution in [0.25, 0.3) is 0 Å². The van der Waals surface area contributed by atoms with Crippen molar-refractivity contribution in [3.8, 4) is 0 Å². The summed E-state index contributed by atoms with van der Waals surface area (Å²) in [6.45, 7) is 4.80. The zero-order valence-electron chi connectivity index (χ0n) is 14.4. The fourth-order valence-corrected chi connectivity index (χ4v) is 3.61. The first kappa shape index (κ1) is 16.8. The Hall–Kier alpha value is -1.60. The third kappa shape index (κ3) is 4.45. The second kappa shape index (κ2) is 7.60. The van der Waals surface area contributed by atoms with Gasteiger partial charge in [0.2, 0.25) is 0 Å².